The van der Waals surface area contributed by atoms with Crippen molar-refractivity contribution in [3.8, 4) is 0 Å². The van der Waals surface area contributed by atoms with E-state index in [9.17, 15) is 9.59 Å². The van der Waals surface area contributed by atoms with Gasteiger partial charge in [-0.25, -0.2) is 0 Å². The van der Waals surface area contributed by atoms with E-state index in [2.05, 4.69) is 21.8 Å². The van der Waals surface area contributed by atoms with Crippen LogP contribution in [0.1, 0.15) is 40.5 Å². The number of hydrogen-bond donors (Lipinski definition) is 1. The molecule has 0 spiro atoms. The van der Waals surface area contributed by atoms with Gasteiger partial charge in [0.15, 0.2) is 0 Å². The standard InChI is InChI=1S/C19H28N2O2S/c1-13(2)18(22)15-9-11-21(12-10-15)16-5-7-17(8-6-16)24-20-19(23)14(3)4/h5-8,13-15H,9-12H2,1-4H3,(H,20,23). The zero-order valence-corrected chi connectivity index (χ0v) is 15.9. The fourth-order valence-electron chi connectivity index (χ4n) is 2.85. The van der Waals surface area contributed by atoms with Crippen LogP contribution in [0.3, 0.4) is 0 Å². The minimum absolute atomic E-state index is 0.00776. The fraction of sp³-hybridized carbons (Fsp3) is 0.579. The molecule has 132 valence electrons. The van der Waals surface area contributed by atoms with Gasteiger partial charge in [-0.2, -0.15) is 0 Å². The van der Waals surface area contributed by atoms with E-state index in [1.807, 2.05) is 39.8 Å². The van der Waals surface area contributed by atoms with Crippen molar-refractivity contribution in [3.63, 3.8) is 0 Å². The SMILES string of the molecule is CC(C)C(=O)NSc1ccc(N2CCC(C(=O)C(C)C)CC2)cc1. The van der Waals surface area contributed by atoms with Crippen molar-refractivity contribution < 1.29 is 9.59 Å². The Balaban J connectivity index is 1.86. The zero-order valence-electron chi connectivity index (χ0n) is 15.0. The molecule has 0 bridgehead atoms. The Morgan fingerprint density at radius 1 is 1.04 bits per heavy atom. The Bertz CT molecular complexity index is 561. The number of ketones is 1. The highest BCUT2D eigenvalue weighted by Gasteiger charge is 2.26. The van der Waals surface area contributed by atoms with Crippen LogP contribution in [0.2, 0.25) is 0 Å². The molecule has 2 rings (SSSR count). The summed E-state index contributed by atoms with van der Waals surface area (Å²) in [6.07, 6.45) is 1.88. The van der Waals surface area contributed by atoms with E-state index in [4.69, 9.17) is 0 Å². The summed E-state index contributed by atoms with van der Waals surface area (Å²) in [5, 5.41) is 0. The van der Waals surface area contributed by atoms with Gasteiger partial charge in [-0.3, -0.25) is 14.3 Å². The Morgan fingerprint density at radius 2 is 1.62 bits per heavy atom. The van der Waals surface area contributed by atoms with Crippen molar-refractivity contribution >= 4 is 29.3 Å². The summed E-state index contributed by atoms with van der Waals surface area (Å²) in [5.41, 5.74) is 1.19. The molecule has 5 heteroatoms. The molecule has 0 aliphatic carbocycles. The van der Waals surface area contributed by atoms with Crippen LogP contribution in [0, 0.1) is 17.8 Å². The van der Waals surface area contributed by atoms with Crippen molar-refractivity contribution in [2.45, 2.75) is 45.4 Å². The van der Waals surface area contributed by atoms with E-state index in [1.165, 1.54) is 17.6 Å². The largest absolute Gasteiger partial charge is 0.371 e. The lowest BCUT2D eigenvalue weighted by atomic mass is 9.87. The number of nitrogens with one attached hydrogen (secondary N) is 1. The number of piperidine rings is 1. The van der Waals surface area contributed by atoms with Gasteiger partial charge in [0.25, 0.3) is 0 Å². The van der Waals surface area contributed by atoms with Crippen LogP contribution in [-0.2, 0) is 9.59 Å². The summed E-state index contributed by atoms with van der Waals surface area (Å²) >= 11 is 1.36. The number of anilines is 1. The van der Waals surface area contributed by atoms with Crippen LogP contribution in [0.25, 0.3) is 0 Å². The maximum Gasteiger partial charge on any atom is 0.232 e. The number of nitrogens with zero attached hydrogens (tertiary/aromatic N) is 1. The van der Waals surface area contributed by atoms with E-state index < -0.39 is 0 Å². The molecule has 1 N–H and O–H groups in total. The third-order valence-electron chi connectivity index (χ3n) is 4.46. The summed E-state index contributed by atoms with van der Waals surface area (Å²) in [6, 6.07) is 8.25. The Labute approximate surface area is 149 Å². The molecule has 1 aliphatic heterocycles. The van der Waals surface area contributed by atoms with E-state index in [-0.39, 0.29) is 23.7 Å². The van der Waals surface area contributed by atoms with Crippen molar-refractivity contribution in [2.24, 2.45) is 17.8 Å². The third kappa shape index (κ3) is 5.00. The number of hydrogen-bond acceptors (Lipinski definition) is 4. The summed E-state index contributed by atoms with van der Waals surface area (Å²) in [4.78, 5) is 27.1. The van der Waals surface area contributed by atoms with Crippen LogP contribution in [0.4, 0.5) is 5.69 Å². The second-order valence-electron chi connectivity index (χ2n) is 7.04. The number of benzene rings is 1. The average molecular weight is 349 g/mol. The number of rotatable bonds is 6. The van der Waals surface area contributed by atoms with Crippen LogP contribution in [-0.4, -0.2) is 24.8 Å². The molecule has 1 heterocycles. The van der Waals surface area contributed by atoms with Crippen molar-refractivity contribution in [1.82, 2.24) is 4.72 Å². The van der Waals surface area contributed by atoms with Crippen molar-refractivity contribution in [3.05, 3.63) is 24.3 Å². The van der Waals surface area contributed by atoms with Gasteiger partial charge >= 0.3 is 0 Å². The molecule has 0 aromatic heterocycles. The average Bonchev–Trinajstić information content (AvgIpc) is 2.59. The Hall–Kier alpha value is -1.49. The van der Waals surface area contributed by atoms with E-state index in [0.717, 1.165) is 30.8 Å². The van der Waals surface area contributed by atoms with Gasteiger partial charge in [0.2, 0.25) is 5.91 Å². The van der Waals surface area contributed by atoms with Crippen molar-refractivity contribution in [2.75, 3.05) is 18.0 Å². The van der Waals surface area contributed by atoms with Gasteiger partial charge in [-0.15, -0.1) is 0 Å². The molecule has 0 radical (unpaired) electrons. The van der Waals surface area contributed by atoms with E-state index in [1.54, 1.807) is 0 Å². The highest BCUT2D eigenvalue weighted by atomic mass is 32.2. The first kappa shape index (κ1) is 18.8. The van der Waals surface area contributed by atoms with Crippen LogP contribution in [0.5, 0.6) is 0 Å². The second kappa shape index (κ2) is 8.56. The van der Waals surface area contributed by atoms with Crippen LogP contribution < -0.4 is 9.62 Å². The summed E-state index contributed by atoms with van der Waals surface area (Å²) in [5.74, 6) is 0.802. The monoisotopic (exact) mass is 348 g/mol. The highest BCUT2D eigenvalue weighted by Crippen LogP contribution is 2.27. The third-order valence-corrected chi connectivity index (χ3v) is 5.27. The molecule has 0 unspecified atom stereocenters. The smallest absolute Gasteiger partial charge is 0.232 e. The lowest BCUT2D eigenvalue weighted by Gasteiger charge is -2.33. The molecule has 1 amide bonds. The molecular weight excluding hydrogens is 320 g/mol. The maximum absolute atomic E-state index is 12.1. The molecule has 1 saturated heterocycles. The normalized spacial score (nSPS) is 15.8. The van der Waals surface area contributed by atoms with Gasteiger partial charge in [-0.05, 0) is 49.1 Å². The maximum atomic E-state index is 12.1. The Kier molecular flexibility index (Phi) is 6.72. The quantitative estimate of drug-likeness (QED) is 0.792. The highest BCUT2D eigenvalue weighted by molar-refractivity contribution is 7.98. The molecule has 1 aliphatic rings. The molecule has 4 nitrogen and oxygen atoms in total. The minimum atomic E-state index is -0.00776. The first-order valence-electron chi connectivity index (χ1n) is 8.74. The summed E-state index contributed by atoms with van der Waals surface area (Å²) in [6.45, 7) is 9.60. The summed E-state index contributed by atoms with van der Waals surface area (Å²) in [7, 11) is 0. The molecular formula is C19H28N2O2S. The topological polar surface area (TPSA) is 49.4 Å². The molecule has 0 atom stereocenters. The summed E-state index contributed by atoms with van der Waals surface area (Å²) < 4.78 is 2.85. The first-order chi connectivity index (χ1) is 11.4. The van der Waals surface area contributed by atoms with E-state index >= 15 is 0 Å². The number of carbonyl (C=O) groups excluding carboxylic acids is 2. The molecule has 0 saturated carbocycles. The fourth-order valence-corrected chi connectivity index (χ4v) is 3.57. The molecule has 1 aromatic rings. The predicted molar refractivity (Wildman–Crippen MR) is 100 cm³/mol. The van der Waals surface area contributed by atoms with Gasteiger partial charge in [0, 0.05) is 41.4 Å². The van der Waals surface area contributed by atoms with E-state index in [0.29, 0.717) is 5.78 Å². The Morgan fingerprint density at radius 3 is 2.12 bits per heavy atom. The van der Waals surface area contributed by atoms with Crippen LogP contribution >= 0.6 is 11.9 Å². The van der Waals surface area contributed by atoms with Crippen molar-refractivity contribution in [1.29, 1.82) is 0 Å². The molecule has 1 fully saturated rings. The minimum Gasteiger partial charge on any atom is -0.371 e. The first-order valence-corrected chi connectivity index (χ1v) is 9.55. The number of amides is 1. The predicted octanol–water partition coefficient (Wildman–Crippen LogP) is 3.91. The second-order valence-corrected chi connectivity index (χ2v) is 7.92. The zero-order chi connectivity index (χ0) is 17.7. The molecule has 1 aromatic carbocycles. The van der Waals surface area contributed by atoms with Crippen LogP contribution in [0.15, 0.2) is 29.2 Å². The van der Waals surface area contributed by atoms with Gasteiger partial charge in [0.1, 0.15) is 5.78 Å². The molecule has 24 heavy (non-hydrogen) atoms. The van der Waals surface area contributed by atoms with Gasteiger partial charge in [0.05, 0.1) is 0 Å². The lowest BCUT2D eigenvalue weighted by molar-refractivity contribution is -0.126. The van der Waals surface area contributed by atoms with Gasteiger partial charge < -0.3 is 4.90 Å². The number of Topliss-reactive ketones (excluding diaryl/α,β-unsaturated/α-hetero) is 1. The van der Waals surface area contributed by atoms with Gasteiger partial charge in [-0.1, -0.05) is 27.7 Å². The number of carbonyl (C=O) groups is 2. The lowest BCUT2D eigenvalue weighted by Crippen LogP contribution is -2.37.